The summed E-state index contributed by atoms with van der Waals surface area (Å²) in [6, 6.07) is 0. The predicted octanol–water partition coefficient (Wildman–Crippen LogP) is 1.60. The van der Waals surface area contributed by atoms with Crippen LogP contribution in [0.15, 0.2) is 10.1 Å². The summed E-state index contributed by atoms with van der Waals surface area (Å²) in [5.41, 5.74) is 0. The molecule has 12 heteroatoms. The molecule has 21 heavy (non-hydrogen) atoms. The van der Waals surface area contributed by atoms with Crippen LogP contribution in [0.25, 0.3) is 0 Å². The average Bonchev–Trinajstić information content (AvgIpc) is 2.85. The Balaban J connectivity index is 2.46. The van der Waals surface area contributed by atoms with Crippen LogP contribution in [0.2, 0.25) is 0 Å². The highest BCUT2D eigenvalue weighted by atomic mass is 32.2. The standard InChI is InChI=1S/C9H3F5N4O2S/c10-3-4(11)6(13)8(7(14)5(3)12)21-9-15-16-17-18(9)1-2(19)20/h1H2,(H,19,20). The van der Waals surface area contributed by atoms with Gasteiger partial charge in [0.05, 0.1) is 4.90 Å². The monoisotopic (exact) mass is 326 g/mol. The molecule has 6 nitrogen and oxygen atoms in total. The number of hydrogen-bond acceptors (Lipinski definition) is 5. The maximum Gasteiger partial charge on any atom is 0.325 e. The fourth-order valence-corrected chi connectivity index (χ4v) is 2.09. The first kappa shape index (κ1) is 15.2. The number of rotatable bonds is 4. The number of halogens is 5. The molecule has 0 unspecified atom stereocenters. The molecule has 0 saturated carbocycles. The summed E-state index contributed by atoms with van der Waals surface area (Å²) in [4.78, 5) is 9.29. The lowest BCUT2D eigenvalue weighted by molar-refractivity contribution is -0.138. The highest BCUT2D eigenvalue weighted by Gasteiger charge is 2.27. The van der Waals surface area contributed by atoms with Gasteiger partial charge in [-0.1, -0.05) is 0 Å². The second kappa shape index (κ2) is 5.63. The summed E-state index contributed by atoms with van der Waals surface area (Å²) in [6.45, 7) is -0.745. The van der Waals surface area contributed by atoms with E-state index in [-0.39, 0.29) is 11.8 Å². The van der Waals surface area contributed by atoms with Gasteiger partial charge in [0.2, 0.25) is 11.0 Å². The Bertz CT molecular complexity index is 693. The summed E-state index contributed by atoms with van der Waals surface area (Å²) < 4.78 is 66.4. The number of tetrazole rings is 1. The van der Waals surface area contributed by atoms with Crippen molar-refractivity contribution in [2.24, 2.45) is 0 Å². The lowest BCUT2D eigenvalue weighted by Gasteiger charge is -2.07. The second-order valence-corrected chi connectivity index (χ2v) is 4.49. The van der Waals surface area contributed by atoms with Gasteiger partial charge in [-0.25, -0.2) is 26.6 Å². The van der Waals surface area contributed by atoms with Crippen molar-refractivity contribution in [2.75, 3.05) is 0 Å². The average molecular weight is 326 g/mol. The number of aromatic nitrogens is 4. The van der Waals surface area contributed by atoms with Crippen molar-refractivity contribution in [1.29, 1.82) is 0 Å². The number of hydrogen-bond donors (Lipinski definition) is 1. The maximum atomic E-state index is 13.5. The predicted molar refractivity (Wildman–Crippen MR) is 55.8 cm³/mol. The van der Waals surface area contributed by atoms with Crippen LogP contribution in [-0.4, -0.2) is 31.3 Å². The van der Waals surface area contributed by atoms with Crippen molar-refractivity contribution in [3.8, 4) is 0 Å². The molecule has 0 aliphatic rings. The van der Waals surface area contributed by atoms with Gasteiger partial charge in [0.25, 0.3) is 0 Å². The van der Waals surface area contributed by atoms with Gasteiger partial charge in [-0.3, -0.25) is 4.79 Å². The fraction of sp³-hybridized carbons (Fsp3) is 0.111. The van der Waals surface area contributed by atoms with Gasteiger partial charge in [0.15, 0.2) is 23.3 Å². The van der Waals surface area contributed by atoms with E-state index in [0.717, 1.165) is 0 Å². The Kier molecular flexibility index (Phi) is 4.06. The largest absolute Gasteiger partial charge is 0.480 e. The van der Waals surface area contributed by atoms with Crippen molar-refractivity contribution in [3.05, 3.63) is 29.1 Å². The minimum absolute atomic E-state index is 0.0200. The van der Waals surface area contributed by atoms with Gasteiger partial charge >= 0.3 is 5.97 Å². The molecule has 0 aliphatic carbocycles. The van der Waals surface area contributed by atoms with Crippen molar-refractivity contribution < 1.29 is 31.9 Å². The van der Waals surface area contributed by atoms with Gasteiger partial charge in [0.1, 0.15) is 6.54 Å². The Morgan fingerprint density at radius 2 is 1.57 bits per heavy atom. The third-order valence-corrected chi connectivity index (χ3v) is 3.18. The van der Waals surface area contributed by atoms with Gasteiger partial charge in [-0.15, -0.1) is 5.10 Å². The van der Waals surface area contributed by atoms with E-state index in [4.69, 9.17) is 5.11 Å². The number of carbonyl (C=O) groups is 1. The minimum Gasteiger partial charge on any atom is -0.480 e. The molecule has 1 aromatic carbocycles. The minimum atomic E-state index is -2.29. The third-order valence-electron chi connectivity index (χ3n) is 2.15. The zero-order chi connectivity index (χ0) is 15.7. The SMILES string of the molecule is O=C(O)Cn1nnnc1Sc1c(F)c(F)c(F)c(F)c1F. The van der Waals surface area contributed by atoms with Crippen LogP contribution >= 0.6 is 11.8 Å². The van der Waals surface area contributed by atoms with Crippen LogP contribution < -0.4 is 0 Å². The fourth-order valence-electron chi connectivity index (χ4n) is 1.26. The smallest absolute Gasteiger partial charge is 0.325 e. The number of nitrogens with zero attached hydrogens (tertiary/aromatic N) is 4. The van der Waals surface area contributed by atoms with Crippen LogP contribution in [0.3, 0.4) is 0 Å². The van der Waals surface area contributed by atoms with E-state index >= 15 is 0 Å². The zero-order valence-electron chi connectivity index (χ0n) is 9.65. The molecule has 0 saturated heterocycles. The van der Waals surface area contributed by atoms with Crippen LogP contribution in [0.5, 0.6) is 0 Å². The van der Waals surface area contributed by atoms with E-state index in [1.165, 1.54) is 0 Å². The van der Waals surface area contributed by atoms with Crippen LogP contribution in [0.4, 0.5) is 22.0 Å². The highest BCUT2D eigenvalue weighted by molar-refractivity contribution is 7.99. The Hall–Kier alpha value is -2.24. The molecule has 0 bridgehead atoms. The quantitative estimate of drug-likeness (QED) is 0.522. The van der Waals surface area contributed by atoms with E-state index in [1.807, 2.05) is 0 Å². The second-order valence-electron chi connectivity index (χ2n) is 3.51. The first-order valence-electron chi connectivity index (χ1n) is 5.00. The van der Waals surface area contributed by atoms with E-state index in [0.29, 0.717) is 4.68 Å². The number of aliphatic carboxylic acids is 1. The molecule has 0 atom stereocenters. The number of benzene rings is 1. The van der Waals surface area contributed by atoms with E-state index in [9.17, 15) is 26.7 Å². The Labute approximate surface area is 116 Å². The van der Waals surface area contributed by atoms with Crippen LogP contribution in [-0.2, 0) is 11.3 Å². The summed E-state index contributed by atoms with van der Waals surface area (Å²) >= 11 is 0.0200. The number of carboxylic acids is 1. The van der Waals surface area contributed by atoms with E-state index < -0.39 is 51.7 Å². The van der Waals surface area contributed by atoms with Crippen molar-refractivity contribution in [1.82, 2.24) is 20.2 Å². The molecule has 2 aromatic rings. The zero-order valence-corrected chi connectivity index (χ0v) is 10.5. The first-order valence-corrected chi connectivity index (χ1v) is 5.81. The van der Waals surface area contributed by atoms with Gasteiger partial charge in [-0.2, -0.15) is 0 Å². The molecular weight excluding hydrogens is 323 g/mol. The van der Waals surface area contributed by atoms with Crippen LogP contribution in [0.1, 0.15) is 0 Å². The molecule has 1 heterocycles. The highest BCUT2D eigenvalue weighted by Crippen LogP contribution is 2.34. The van der Waals surface area contributed by atoms with Crippen molar-refractivity contribution in [3.63, 3.8) is 0 Å². The molecule has 0 aliphatic heterocycles. The summed E-state index contributed by atoms with van der Waals surface area (Å²) in [5, 5.41) is 17.7. The van der Waals surface area contributed by atoms with Crippen molar-refractivity contribution >= 4 is 17.7 Å². The molecular formula is C9H3F5N4O2S. The van der Waals surface area contributed by atoms with Crippen LogP contribution in [0, 0.1) is 29.1 Å². The molecule has 0 radical (unpaired) electrons. The molecule has 0 spiro atoms. The molecule has 0 amide bonds. The molecule has 112 valence electrons. The molecule has 2 rings (SSSR count). The van der Waals surface area contributed by atoms with E-state index in [1.54, 1.807) is 0 Å². The molecule has 1 aromatic heterocycles. The summed E-state index contributed by atoms with van der Waals surface area (Å²) in [7, 11) is 0. The molecule has 1 N–H and O–H groups in total. The van der Waals surface area contributed by atoms with Crippen molar-refractivity contribution in [2.45, 2.75) is 16.6 Å². The van der Waals surface area contributed by atoms with Gasteiger partial charge in [0, 0.05) is 0 Å². The summed E-state index contributed by atoms with van der Waals surface area (Å²) in [6.07, 6.45) is 0. The van der Waals surface area contributed by atoms with Gasteiger partial charge < -0.3 is 5.11 Å². The third kappa shape index (κ3) is 2.79. The topological polar surface area (TPSA) is 80.9 Å². The lowest BCUT2D eigenvalue weighted by Crippen LogP contribution is -2.12. The Morgan fingerprint density at radius 1 is 1.05 bits per heavy atom. The first-order chi connectivity index (χ1) is 9.82. The van der Waals surface area contributed by atoms with Gasteiger partial charge in [-0.05, 0) is 22.2 Å². The Morgan fingerprint density at radius 3 is 2.10 bits per heavy atom. The maximum absolute atomic E-state index is 13.5. The normalized spacial score (nSPS) is 10.9. The number of carboxylic acid groups (broad SMARTS) is 1. The lowest BCUT2D eigenvalue weighted by atomic mass is 10.3. The van der Waals surface area contributed by atoms with E-state index in [2.05, 4.69) is 15.5 Å². The molecule has 0 fully saturated rings. The summed E-state index contributed by atoms with van der Waals surface area (Å²) in [5.74, 6) is -12.0.